The van der Waals surface area contributed by atoms with Gasteiger partial charge in [0.25, 0.3) is 0 Å². The first kappa shape index (κ1) is 32.1. The standard InChI is InChI=1S/C31H42N2O8S/c1-7-16-33(30(35)41-31(2,3)4)29-32-25-27(39-19-21-10-14-23(37-6)15-11-21)26(24(17-34)40-28(25)42-29)38-18-20-8-12-22(36-5)13-9-20/h8-15,24-28,34H,7,16-19H2,1-6H3/t24-,25?,26-,27-,28?/m1/s1. The van der Waals surface area contributed by atoms with Crippen LogP contribution >= 0.6 is 11.8 Å². The SMILES string of the molecule is CCCN(C(=O)OC(C)(C)C)C1=NC2C(O[C@H](CO)[C@@H](OCc3ccc(OC)cc3)[C@@H]2OCc2ccc(OC)cc2)S1. The molecule has 5 atom stereocenters. The number of aliphatic hydroxyl groups is 1. The van der Waals surface area contributed by atoms with Crippen LogP contribution in [-0.2, 0) is 32.2 Å². The van der Waals surface area contributed by atoms with Crippen LogP contribution in [0.4, 0.5) is 4.79 Å². The maximum absolute atomic E-state index is 13.1. The number of nitrogens with zero attached hydrogens (tertiary/aromatic N) is 2. The second-order valence-electron chi connectivity index (χ2n) is 11.1. The second-order valence-corrected chi connectivity index (χ2v) is 12.2. The van der Waals surface area contributed by atoms with Crippen LogP contribution in [0.1, 0.15) is 45.2 Å². The van der Waals surface area contributed by atoms with E-state index in [9.17, 15) is 9.90 Å². The Balaban J connectivity index is 1.60. The predicted octanol–water partition coefficient (Wildman–Crippen LogP) is 5.01. The summed E-state index contributed by atoms with van der Waals surface area (Å²) in [5, 5.41) is 10.9. The molecule has 2 aliphatic rings. The van der Waals surface area contributed by atoms with Gasteiger partial charge in [0.05, 0.1) is 34.0 Å². The molecule has 2 aliphatic heterocycles. The van der Waals surface area contributed by atoms with Crippen molar-refractivity contribution in [3.8, 4) is 11.5 Å². The van der Waals surface area contributed by atoms with Crippen LogP contribution in [-0.4, -0.2) is 84.0 Å². The fraction of sp³-hybridized carbons (Fsp3) is 0.548. The number of hydrogen-bond donors (Lipinski definition) is 1. The first-order chi connectivity index (χ1) is 20.1. The number of thioether (sulfide) groups is 1. The third kappa shape index (κ3) is 8.17. The predicted molar refractivity (Wildman–Crippen MR) is 161 cm³/mol. The molecule has 0 spiro atoms. The third-order valence-electron chi connectivity index (χ3n) is 6.77. The topological polar surface area (TPSA) is 108 Å². The van der Waals surface area contributed by atoms with Crippen molar-refractivity contribution in [2.45, 2.75) is 82.7 Å². The second kappa shape index (κ2) is 14.6. The van der Waals surface area contributed by atoms with Gasteiger partial charge in [0.1, 0.15) is 46.9 Å². The number of carbonyl (C=O) groups excluding carboxylic acids is 1. The zero-order valence-corrected chi connectivity index (χ0v) is 26.0. The van der Waals surface area contributed by atoms with Gasteiger partial charge in [0.15, 0.2) is 5.17 Å². The van der Waals surface area contributed by atoms with E-state index in [1.54, 1.807) is 19.1 Å². The lowest BCUT2D eigenvalue weighted by Crippen LogP contribution is -2.57. The molecule has 2 aromatic rings. The van der Waals surface area contributed by atoms with E-state index < -0.39 is 41.5 Å². The summed E-state index contributed by atoms with van der Waals surface area (Å²) in [7, 11) is 3.25. The van der Waals surface area contributed by atoms with Crippen molar-refractivity contribution in [1.29, 1.82) is 0 Å². The number of aliphatic imine (C=N–C) groups is 1. The van der Waals surface area contributed by atoms with E-state index in [-0.39, 0.29) is 13.2 Å². The molecule has 0 radical (unpaired) electrons. The number of rotatable bonds is 11. The molecule has 0 aliphatic carbocycles. The Bertz CT molecular complexity index is 1180. The van der Waals surface area contributed by atoms with E-state index in [2.05, 4.69) is 0 Å². The molecule has 42 heavy (non-hydrogen) atoms. The summed E-state index contributed by atoms with van der Waals surface area (Å²) >= 11 is 1.34. The van der Waals surface area contributed by atoms with Gasteiger partial charge in [0, 0.05) is 6.54 Å². The van der Waals surface area contributed by atoms with Crippen molar-refractivity contribution in [2.24, 2.45) is 4.99 Å². The highest BCUT2D eigenvalue weighted by Gasteiger charge is 2.51. The summed E-state index contributed by atoms with van der Waals surface area (Å²) < 4.78 is 35.5. The van der Waals surface area contributed by atoms with Crippen molar-refractivity contribution >= 4 is 23.0 Å². The van der Waals surface area contributed by atoms with Crippen LogP contribution in [0.3, 0.4) is 0 Å². The molecule has 230 valence electrons. The molecule has 1 N–H and O–H groups in total. The van der Waals surface area contributed by atoms with Crippen molar-refractivity contribution in [1.82, 2.24) is 4.90 Å². The van der Waals surface area contributed by atoms with E-state index >= 15 is 0 Å². The monoisotopic (exact) mass is 602 g/mol. The molecule has 10 nitrogen and oxygen atoms in total. The number of fused-ring (bicyclic) bond motifs is 1. The lowest BCUT2D eigenvalue weighted by atomic mass is 9.97. The van der Waals surface area contributed by atoms with Gasteiger partial charge in [-0.3, -0.25) is 9.89 Å². The Morgan fingerprint density at radius 3 is 1.98 bits per heavy atom. The van der Waals surface area contributed by atoms with Crippen molar-refractivity contribution < 1.29 is 38.3 Å². The Morgan fingerprint density at radius 2 is 1.50 bits per heavy atom. The zero-order valence-electron chi connectivity index (χ0n) is 25.1. The fourth-order valence-electron chi connectivity index (χ4n) is 4.69. The average molecular weight is 603 g/mol. The third-order valence-corrected chi connectivity index (χ3v) is 7.93. The number of ether oxygens (including phenoxy) is 6. The maximum atomic E-state index is 13.1. The van der Waals surface area contributed by atoms with Crippen molar-refractivity contribution in [2.75, 3.05) is 27.4 Å². The van der Waals surface area contributed by atoms with E-state index in [0.29, 0.717) is 18.3 Å². The smallest absolute Gasteiger partial charge is 0.416 e. The zero-order chi connectivity index (χ0) is 30.3. The minimum Gasteiger partial charge on any atom is -0.497 e. The quantitative estimate of drug-likeness (QED) is 0.380. The maximum Gasteiger partial charge on any atom is 0.416 e. The first-order valence-electron chi connectivity index (χ1n) is 14.2. The molecule has 2 heterocycles. The number of aliphatic hydroxyl groups excluding tert-OH is 1. The molecule has 0 bridgehead atoms. The highest BCUT2D eigenvalue weighted by molar-refractivity contribution is 8.14. The Labute approximate surface area is 252 Å². The van der Waals surface area contributed by atoms with Gasteiger partial charge in [-0.05, 0) is 62.6 Å². The van der Waals surface area contributed by atoms with Gasteiger partial charge in [-0.25, -0.2) is 4.79 Å². The molecule has 4 rings (SSSR count). The molecule has 2 aromatic carbocycles. The Morgan fingerprint density at radius 1 is 0.952 bits per heavy atom. The van der Waals surface area contributed by atoms with E-state index in [0.717, 1.165) is 29.0 Å². The van der Waals surface area contributed by atoms with Crippen molar-refractivity contribution in [3.05, 3.63) is 59.7 Å². The summed E-state index contributed by atoms with van der Waals surface area (Å²) in [6.45, 7) is 8.24. The summed E-state index contributed by atoms with van der Waals surface area (Å²) in [5.41, 5.74) is 0.764. The van der Waals surface area contributed by atoms with E-state index in [1.165, 1.54) is 11.8 Å². The molecule has 0 saturated carbocycles. The van der Waals surface area contributed by atoms with Crippen LogP contribution in [0.15, 0.2) is 53.5 Å². The summed E-state index contributed by atoms with van der Waals surface area (Å²) in [6, 6.07) is 14.8. The van der Waals surface area contributed by atoms with Gasteiger partial charge >= 0.3 is 6.09 Å². The summed E-state index contributed by atoms with van der Waals surface area (Å²) in [4.78, 5) is 19.6. The minimum absolute atomic E-state index is 0.264. The van der Waals surface area contributed by atoms with Crippen LogP contribution in [0, 0.1) is 0 Å². The molecule has 0 aromatic heterocycles. The van der Waals surface area contributed by atoms with Crippen LogP contribution in [0.5, 0.6) is 11.5 Å². The normalized spacial score (nSPS) is 23.6. The minimum atomic E-state index is -0.659. The largest absolute Gasteiger partial charge is 0.497 e. The lowest BCUT2D eigenvalue weighted by molar-refractivity contribution is -0.205. The lowest BCUT2D eigenvalue weighted by Gasteiger charge is -2.42. The first-order valence-corrected chi connectivity index (χ1v) is 15.0. The van der Waals surface area contributed by atoms with Crippen LogP contribution < -0.4 is 9.47 Å². The van der Waals surface area contributed by atoms with Crippen molar-refractivity contribution in [3.63, 3.8) is 0 Å². The van der Waals surface area contributed by atoms with Gasteiger partial charge in [-0.15, -0.1) is 0 Å². The highest BCUT2D eigenvalue weighted by Crippen LogP contribution is 2.40. The molecular weight excluding hydrogens is 560 g/mol. The average Bonchev–Trinajstić information content (AvgIpc) is 3.40. The number of amidine groups is 1. The molecule has 1 saturated heterocycles. The number of hydrogen-bond acceptors (Lipinski definition) is 10. The van der Waals surface area contributed by atoms with Crippen LogP contribution in [0.2, 0.25) is 0 Å². The Hall–Kier alpha value is -2.83. The van der Waals surface area contributed by atoms with Gasteiger partial charge in [0.2, 0.25) is 0 Å². The Kier molecular flexibility index (Phi) is 11.1. The van der Waals surface area contributed by atoms with Gasteiger partial charge in [-0.1, -0.05) is 43.0 Å². The summed E-state index contributed by atoms with van der Waals surface area (Å²) in [5.74, 6) is 1.51. The van der Waals surface area contributed by atoms with Crippen LogP contribution in [0.25, 0.3) is 0 Å². The number of methoxy groups -OCH3 is 2. The molecular formula is C31H42N2O8S. The number of amides is 1. The van der Waals surface area contributed by atoms with Gasteiger partial charge < -0.3 is 33.5 Å². The fourth-order valence-corrected chi connectivity index (χ4v) is 5.93. The molecule has 2 unspecified atom stereocenters. The molecule has 1 amide bonds. The summed E-state index contributed by atoms with van der Waals surface area (Å²) in [6.07, 6.45) is -1.58. The number of carbonyl (C=O) groups is 1. The number of benzene rings is 2. The molecule has 1 fully saturated rings. The highest BCUT2D eigenvalue weighted by atomic mass is 32.2. The van der Waals surface area contributed by atoms with E-state index in [1.807, 2.05) is 76.2 Å². The van der Waals surface area contributed by atoms with Gasteiger partial charge in [-0.2, -0.15) is 0 Å². The molecule has 11 heteroatoms. The van der Waals surface area contributed by atoms with E-state index in [4.69, 9.17) is 33.4 Å².